The molecule has 0 aromatic heterocycles. The Hall–Kier alpha value is -1.79. The van der Waals surface area contributed by atoms with Crippen LogP contribution in [0.5, 0.6) is 0 Å². The lowest BCUT2D eigenvalue weighted by Gasteiger charge is -2.31. The van der Waals surface area contributed by atoms with Gasteiger partial charge in [-0.1, -0.05) is 0 Å². The van der Waals surface area contributed by atoms with Crippen molar-refractivity contribution in [2.45, 2.75) is 51.2 Å². The van der Waals surface area contributed by atoms with E-state index in [0.717, 1.165) is 0 Å². The van der Waals surface area contributed by atoms with Crippen LogP contribution in [-0.4, -0.2) is 42.8 Å². The van der Waals surface area contributed by atoms with E-state index in [1.54, 1.807) is 20.8 Å². The minimum absolute atomic E-state index is 0.154. The Kier molecular flexibility index (Phi) is 4.97. The van der Waals surface area contributed by atoms with Gasteiger partial charge in [0.05, 0.1) is 13.5 Å². The van der Waals surface area contributed by atoms with Crippen LogP contribution in [0.4, 0.5) is 4.79 Å². The van der Waals surface area contributed by atoms with E-state index >= 15 is 0 Å². The summed E-state index contributed by atoms with van der Waals surface area (Å²) < 4.78 is 9.89. The van der Waals surface area contributed by atoms with Crippen molar-refractivity contribution in [2.75, 3.05) is 13.7 Å². The summed E-state index contributed by atoms with van der Waals surface area (Å²) in [4.78, 5) is 35.6. The normalized spacial score (nSPS) is 23.3. The lowest BCUT2D eigenvalue weighted by molar-refractivity contribution is -0.150. The van der Waals surface area contributed by atoms with E-state index in [1.807, 2.05) is 0 Å². The molecule has 7 nitrogen and oxygen atoms in total. The maximum absolute atomic E-state index is 12.0. The van der Waals surface area contributed by atoms with E-state index in [-0.39, 0.29) is 12.3 Å². The van der Waals surface area contributed by atoms with E-state index in [2.05, 4.69) is 10.6 Å². The number of rotatable bonds is 2. The van der Waals surface area contributed by atoms with Crippen molar-refractivity contribution in [3.8, 4) is 0 Å². The molecule has 2 N–H and O–H groups in total. The Bertz CT molecular complexity index is 402. The number of alkyl carbamates (subject to hydrolysis) is 1. The third kappa shape index (κ3) is 4.40. The van der Waals surface area contributed by atoms with Crippen molar-refractivity contribution < 1.29 is 23.9 Å². The van der Waals surface area contributed by atoms with Crippen LogP contribution in [0.15, 0.2) is 0 Å². The number of nitrogens with one attached hydrogen (secondary N) is 2. The van der Waals surface area contributed by atoms with Crippen LogP contribution in [-0.2, 0) is 19.1 Å². The summed E-state index contributed by atoms with van der Waals surface area (Å²) >= 11 is 0. The second kappa shape index (κ2) is 6.11. The second-order valence-corrected chi connectivity index (χ2v) is 5.83. The monoisotopic (exact) mass is 286 g/mol. The summed E-state index contributed by atoms with van der Waals surface area (Å²) in [6.45, 7) is 5.62. The van der Waals surface area contributed by atoms with Gasteiger partial charge >= 0.3 is 12.1 Å². The lowest BCUT2D eigenvalue weighted by atomic mass is 9.90. The molecule has 0 aromatic rings. The van der Waals surface area contributed by atoms with Crippen molar-refractivity contribution in [3.05, 3.63) is 0 Å². The third-order valence-corrected chi connectivity index (χ3v) is 2.88. The maximum atomic E-state index is 12.0. The van der Waals surface area contributed by atoms with E-state index in [9.17, 15) is 14.4 Å². The van der Waals surface area contributed by atoms with Crippen molar-refractivity contribution >= 4 is 18.0 Å². The van der Waals surface area contributed by atoms with Crippen LogP contribution >= 0.6 is 0 Å². The molecule has 0 aromatic carbocycles. The molecular formula is C13H22N2O5. The van der Waals surface area contributed by atoms with Gasteiger partial charge in [0, 0.05) is 6.54 Å². The average molecular weight is 286 g/mol. The minimum Gasteiger partial charge on any atom is -0.467 e. The van der Waals surface area contributed by atoms with Crippen LogP contribution in [0.3, 0.4) is 0 Å². The third-order valence-electron chi connectivity index (χ3n) is 2.88. The molecule has 0 radical (unpaired) electrons. The molecule has 2 amide bonds. The minimum atomic E-state index is -1.36. The van der Waals surface area contributed by atoms with Gasteiger partial charge in [0.15, 0.2) is 0 Å². The first-order valence-electron chi connectivity index (χ1n) is 6.55. The maximum Gasteiger partial charge on any atom is 0.408 e. The second-order valence-electron chi connectivity index (χ2n) is 5.83. The van der Waals surface area contributed by atoms with E-state index in [1.165, 1.54) is 7.11 Å². The van der Waals surface area contributed by atoms with Crippen molar-refractivity contribution in [2.24, 2.45) is 0 Å². The smallest absolute Gasteiger partial charge is 0.408 e. The fourth-order valence-electron chi connectivity index (χ4n) is 2.07. The van der Waals surface area contributed by atoms with Crippen molar-refractivity contribution in [1.29, 1.82) is 0 Å². The fourth-order valence-corrected chi connectivity index (χ4v) is 2.07. The van der Waals surface area contributed by atoms with E-state index in [4.69, 9.17) is 9.47 Å². The molecule has 114 valence electrons. The van der Waals surface area contributed by atoms with Gasteiger partial charge in [-0.3, -0.25) is 4.79 Å². The summed E-state index contributed by atoms with van der Waals surface area (Å²) in [5.74, 6) is -0.940. The largest absolute Gasteiger partial charge is 0.467 e. The Morgan fingerprint density at radius 2 is 2.00 bits per heavy atom. The molecule has 1 unspecified atom stereocenters. The van der Waals surface area contributed by atoms with Crippen molar-refractivity contribution in [3.63, 3.8) is 0 Å². The SMILES string of the molecule is COC(=O)C1(NC(=O)OC(C)(C)C)CCCNC(=O)C1. The van der Waals surface area contributed by atoms with E-state index in [0.29, 0.717) is 19.4 Å². The van der Waals surface area contributed by atoms with Crippen LogP contribution in [0.25, 0.3) is 0 Å². The predicted octanol–water partition coefficient (Wildman–Crippen LogP) is 0.723. The van der Waals surface area contributed by atoms with Gasteiger partial charge in [-0.25, -0.2) is 9.59 Å². The Morgan fingerprint density at radius 3 is 2.55 bits per heavy atom. The van der Waals surface area contributed by atoms with Gasteiger partial charge in [0.2, 0.25) is 5.91 Å². The number of carbonyl (C=O) groups is 3. The van der Waals surface area contributed by atoms with Crippen LogP contribution in [0.2, 0.25) is 0 Å². The molecule has 1 atom stereocenters. The predicted molar refractivity (Wildman–Crippen MR) is 71.0 cm³/mol. The lowest BCUT2D eigenvalue weighted by Crippen LogP contribution is -2.57. The highest BCUT2D eigenvalue weighted by molar-refractivity contribution is 5.92. The van der Waals surface area contributed by atoms with E-state index < -0.39 is 23.2 Å². The zero-order valence-electron chi connectivity index (χ0n) is 12.4. The molecule has 0 saturated carbocycles. The fraction of sp³-hybridized carbons (Fsp3) is 0.769. The molecular weight excluding hydrogens is 264 g/mol. The average Bonchev–Trinajstić information content (AvgIpc) is 2.48. The number of hydrogen-bond donors (Lipinski definition) is 2. The first-order valence-corrected chi connectivity index (χ1v) is 6.55. The highest BCUT2D eigenvalue weighted by Gasteiger charge is 2.44. The molecule has 0 aliphatic carbocycles. The van der Waals surface area contributed by atoms with Gasteiger partial charge in [0.1, 0.15) is 11.1 Å². The van der Waals surface area contributed by atoms with Crippen LogP contribution in [0.1, 0.15) is 40.0 Å². The zero-order valence-corrected chi connectivity index (χ0v) is 12.4. The summed E-state index contributed by atoms with van der Waals surface area (Å²) in [5.41, 5.74) is -2.05. The first-order chi connectivity index (χ1) is 9.18. The van der Waals surface area contributed by atoms with Crippen LogP contribution in [0, 0.1) is 0 Å². The van der Waals surface area contributed by atoms with Gasteiger partial charge in [-0.2, -0.15) is 0 Å². The Morgan fingerprint density at radius 1 is 1.35 bits per heavy atom. The zero-order chi connectivity index (χ0) is 15.4. The number of ether oxygens (including phenoxy) is 2. The topological polar surface area (TPSA) is 93.7 Å². The number of amides is 2. The molecule has 1 saturated heterocycles. The molecule has 7 heteroatoms. The molecule has 0 bridgehead atoms. The molecule has 1 heterocycles. The summed E-state index contributed by atoms with van der Waals surface area (Å²) in [6, 6.07) is 0. The van der Waals surface area contributed by atoms with Gasteiger partial charge in [-0.05, 0) is 33.6 Å². The van der Waals surface area contributed by atoms with Gasteiger partial charge < -0.3 is 20.1 Å². The van der Waals surface area contributed by atoms with Gasteiger partial charge in [-0.15, -0.1) is 0 Å². The summed E-state index contributed by atoms with van der Waals surface area (Å²) in [5, 5.41) is 5.17. The van der Waals surface area contributed by atoms with Crippen LogP contribution < -0.4 is 10.6 Å². The molecule has 1 fully saturated rings. The molecule has 1 rings (SSSR count). The number of hydrogen-bond acceptors (Lipinski definition) is 5. The van der Waals surface area contributed by atoms with Gasteiger partial charge in [0.25, 0.3) is 0 Å². The standard InChI is InChI=1S/C13H22N2O5/c1-12(2,3)20-11(18)15-13(10(17)19-4)6-5-7-14-9(16)8-13/h5-8H2,1-4H3,(H,14,16)(H,15,18). The van der Waals surface area contributed by atoms with Crippen molar-refractivity contribution in [1.82, 2.24) is 10.6 Å². The number of carbonyl (C=O) groups excluding carboxylic acids is 3. The summed E-state index contributed by atoms with van der Waals surface area (Å²) in [6.07, 6.45) is -0.00896. The Labute approximate surface area is 118 Å². The summed E-state index contributed by atoms with van der Waals surface area (Å²) in [7, 11) is 1.23. The molecule has 1 aliphatic rings. The highest BCUT2D eigenvalue weighted by atomic mass is 16.6. The quantitative estimate of drug-likeness (QED) is 0.730. The number of esters is 1. The number of methoxy groups -OCH3 is 1. The first kappa shape index (κ1) is 16.3. The Balaban J connectivity index is 2.91. The molecule has 20 heavy (non-hydrogen) atoms. The molecule has 1 aliphatic heterocycles. The highest BCUT2D eigenvalue weighted by Crippen LogP contribution is 2.23. The molecule has 0 spiro atoms.